The summed E-state index contributed by atoms with van der Waals surface area (Å²) in [5, 5.41) is 18.9. The molecule has 3 atom stereocenters. The van der Waals surface area contributed by atoms with Crippen molar-refractivity contribution < 1.29 is 24.8 Å². The van der Waals surface area contributed by atoms with Crippen molar-refractivity contribution in [3.05, 3.63) is 48.1 Å². The second kappa shape index (κ2) is 8.13. The standard InChI is InChI=1S/C20H28O5/c1-13-7-8-17-15(6-5-9-20(3,4)22)12-24-19(21)18(17)14(2)11-16(10-13)25-23/h5-6,9,16-18,22-23H,1-2,7-8,10-12H2,3-4H3. The highest BCUT2D eigenvalue weighted by Crippen LogP contribution is 2.40. The predicted octanol–water partition coefficient (Wildman–Crippen LogP) is 3.57. The Morgan fingerprint density at radius 3 is 2.68 bits per heavy atom. The van der Waals surface area contributed by atoms with Gasteiger partial charge in [0.1, 0.15) is 12.7 Å². The zero-order valence-corrected chi connectivity index (χ0v) is 15.0. The Kier molecular flexibility index (Phi) is 6.38. The van der Waals surface area contributed by atoms with E-state index in [4.69, 9.17) is 9.99 Å². The van der Waals surface area contributed by atoms with Gasteiger partial charge in [-0.25, -0.2) is 4.89 Å². The lowest BCUT2D eigenvalue weighted by molar-refractivity contribution is -0.277. The highest BCUT2D eigenvalue weighted by atomic mass is 17.1. The van der Waals surface area contributed by atoms with Gasteiger partial charge in [-0.2, -0.15) is 0 Å². The van der Waals surface area contributed by atoms with Crippen molar-refractivity contribution in [3.8, 4) is 0 Å². The third-order valence-electron chi connectivity index (χ3n) is 4.73. The second-order valence-electron chi connectivity index (χ2n) is 7.53. The van der Waals surface area contributed by atoms with Gasteiger partial charge in [-0.3, -0.25) is 10.1 Å². The molecule has 2 rings (SSSR count). The van der Waals surface area contributed by atoms with Crippen molar-refractivity contribution in [2.45, 2.75) is 51.2 Å². The Balaban J connectivity index is 2.30. The van der Waals surface area contributed by atoms with Gasteiger partial charge in [-0.15, -0.1) is 0 Å². The van der Waals surface area contributed by atoms with Crippen LogP contribution in [0.3, 0.4) is 0 Å². The van der Waals surface area contributed by atoms with Crippen LogP contribution in [-0.2, 0) is 14.4 Å². The second-order valence-corrected chi connectivity index (χ2v) is 7.53. The molecule has 5 heteroatoms. The molecule has 0 amide bonds. The van der Waals surface area contributed by atoms with E-state index in [0.29, 0.717) is 18.4 Å². The number of fused-ring (bicyclic) bond motifs is 1. The van der Waals surface area contributed by atoms with E-state index in [0.717, 1.165) is 24.0 Å². The van der Waals surface area contributed by atoms with Crippen LogP contribution in [0.25, 0.3) is 0 Å². The molecule has 2 aliphatic rings. The van der Waals surface area contributed by atoms with Crippen LogP contribution in [0.1, 0.15) is 39.5 Å². The van der Waals surface area contributed by atoms with Gasteiger partial charge in [-0.05, 0) is 45.1 Å². The van der Waals surface area contributed by atoms with Gasteiger partial charge in [0.05, 0.1) is 11.5 Å². The minimum atomic E-state index is -0.899. The Hall–Kier alpha value is -1.69. The summed E-state index contributed by atoms with van der Waals surface area (Å²) in [5.74, 6) is -0.740. The maximum absolute atomic E-state index is 12.4. The molecule has 5 nitrogen and oxygen atoms in total. The Morgan fingerprint density at radius 2 is 2.04 bits per heavy atom. The lowest BCUT2D eigenvalue weighted by Crippen LogP contribution is -2.36. The molecule has 2 fully saturated rings. The van der Waals surface area contributed by atoms with Gasteiger partial charge >= 0.3 is 5.97 Å². The maximum atomic E-state index is 12.4. The summed E-state index contributed by atoms with van der Waals surface area (Å²) in [6.07, 6.45) is 7.41. The van der Waals surface area contributed by atoms with Crippen LogP contribution in [0.2, 0.25) is 0 Å². The zero-order valence-electron chi connectivity index (χ0n) is 15.0. The van der Waals surface area contributed by atoms with Crippen LogP contribution in [0.4, 0.5) is 0 Å². The molecule has 1 saturated heterocycles. The van der Waals surface area contributed by atoms with E-state index in [9.17, 15) is 9.90 Å². The highest BCUT2D eigenvalue weighted by molar-refractivity contribution is 5.78. The topological polar surface area (TPSA) is 76.0 Å². The van der Waals surface area contributed by atoms with Crippen LogP contribution in [0, 0.1) is 11.8 Å². The van der Waals surface area contributed by atoms with Gasteiger partial charge in [0.2, 0.25) is 0 Å². The number of ether oxygens (including phenoxy) is 1. The first-order valence-corrected chi connectivity index (χ1v) is 8.63. The van der Waals surface area contributed by atoms with Gasteiger partial charge in [0.25, 0.3) is 0 Å². The fraction of sp³-hybridized carbons (Fsp3) is 0.550. The van der Waals surface area contributed by atoms with Crippen LogP contribution >= 0.6 is 0 Å². The largest absolute Gasteiger partial charge is 0.461 e. The third kappa shape index (κ3) is 5.39. The lowest BCUT2D eigenvalue weighted by atomic mass is 9.76. The molecule has 0 aromatic heterocycles. The predicted molar refractivity (Wildman–Crippen MR) is 95.7 cm³/mol. The van der Waals surface area contributed by atoms with Crippen molar-refractivity contribution in [2.24, 2.45) is 11.8 Å². The van der Waals surface area contributed by atoms with E-state index < -0.39 is 17.6 Å². The lowest BCUT2D eigenvalue weighted by Gasteiger charge is -2.33. The number of hydrogen-bond donors (Lipinski definition) is 2. The molecule has 2 N–H and O–H groups in total. The number of hydrogen-bond acceptors (Lipinski definition) is 5. The van der Waals surface area contributed by atoms with Gasteiger partial charge < -0.3 is 9.84 Å². The van der Waals surface area contributed by atoms with Gasteiger partial charge in [-0.1, -0.05) is 42.5 Å². The Bertz CT molecular complexity index is 594. The quantitative estimate of drug-likeness (QED) is 0.353. The van der Waals surface area contributed by atoms with Crippen LogP contribution in [-0.4, -0.2) is 34.6 Å². The van der Waals surface area contributed by atoms with Crippen LogP contribution in [0.5, 0.6) is 0 Å². The molecule has 0 bridgehead atoms. The van der Waals surface area contributed by atoms with Gasteiger partial charge in [0.15, 0.2) is 0 Å². The van der Waals surface area contributed by atoms with Crippen molar-refractivity contribution in [3.63, 3.8) is 0 Å². The fourth-order valence-corrected chi connectivity index (χ4v) is 3.46. The zero-order chi connectivity index (χ0) is 18.6. The van der Waals surface area contributed by atoms with Gasteiger partial charge in [0, 0.05) is 5.92 Å². The number of aliphatic hydroxyl groups is 1. The number of carbonyl (C=O) groups excluding carboxylic acids is 1. The van der Waals surface area contributed by atoms with E-state index in [-0.39, 0.29) is 18.5 Å². The first kappa shape index (κ1) is 19.6. The molecule has 25 heavy (non-hydrogen) atoms. The Morgan fingerprint density at radius 1 is 1.32 bits per heavy atom. The fourth-order valence-electron chi connectivity index (χ4n) is 3.46. The molecule has 0 spiro atoms. The molecule has 1 saturated carbocycles. The molecule has 0 aromatic rings. The van der Waals surface area contributed by atoms with Crippen LogP contribution < -0.4 is 0 Å². The van der Waals surface area contributed by atoms with Crippen molar-refractivity contribution >= 4 is 5.97 Å². The summed E-state index contributed by atoms with van der Waals surface area (Å²) >= 11 is 0. The molecular weight excluding hydrogens is 320 g/mol. The van der Waals surface area contributed by atoms with Crippen LogP contribution in [0.15, 0.2) is 48.1 Å². The SMILES string of the molecule is C=C1CCC2C(=CC=CC(C)(C)O)COC(=O)C2C(=C)CC(OO)C1. The maximum Gasteiger partial charge on any atom is 0.314 e. The van der Waals surface area contributed by atoms with E-state index in [1.165, 1.54) is 0 Å². The molecule has 1 aliphatic heterocycles. The van der Waals surface area contributed by atoms with E-state index in [1.54, 1.807) is 26.0 Å². The smallest absolute Gasteiger partial charge is 0.314 e. The summed E-state index contributed by atoms with van der Waals surface area (Å²) < 4.78 is 5.36. The molecule has 138 valence electrons. The summed E-state index contributed by atoms with van der Waals surface area (Å²) in [6.45, 7) is 11.8. The third-order valence-corrected chi connectivity index (χ3v) is 4.73. The summed E-state index contributed by atoms with van der Waals surface area (Å²) in [4.78, 5) is 16.9. The Labute approximate surface area is 149 Å². The average molecular weight is 348 g/mol. The van der Waals surface area contributed by atoms with E-state index in [2.05, 4.69) is 18.0 Å². The normalized spacial score (nSPS) is 30.6. The summed E-state index contributed by atoms with van der Waals surface area (Å²) in [5.41, 5.74) is 1.80. The van der Waals surface area contributed by atoms with E-state index in [1.807, 2.05) is 6.08 Å². The van der Waals surface area contributed by atoms with Crippen molar-refractivity contribution in [2.75, 3.05) is 6.61 Å². The monoisotopic (exact) mass is 348 g/mol. The molecule has 0 aromatic carbocycles. The van der Waals surface area contributed by atoms with Crippen molar-refractivity contribution in [1.82, 2.24) is 0 Å². The number of cyclic esters (lactones) is 1. The number of carbonyl (C=O) groups is 1. The minimum Gasteiger partial charge on any atom is -0.461 e. The summed E-state index contributed by atoms with van der Waals surface area (Å²) in [7, 11) is 0. The number of rotatable bonds is 3. The molecule has 0 radical (unpaired) electrons. The molecule has 3 unspecified atom stereocenters. The molecule has 1 aliphatic carbocycles. The highest BCUT2D eigenvalue weighted by Gasteiger charge is 2.39. The average Bonchev–Trinajstić information content (AvgIpc) is 2.57. The first-order valence-electron chi connectivity index (χ1n) is 8.63. The number of allylic oxidation sites excluding steroid dienone is 2. The molecule has 1 heterocycles. The van der Waals surface area contributed by atoms with Crippen molar-refractivity contribution in [1.29, 1.82) is 0 Å². The van der Waals surface area contributed by atoms with E-state index >= 15 is 0 Å². The first-order chi connectivity index (χ1) is 11.7. The minimum absolute atomic E-state index is 0.0191. The number of esters is 1. The summed E-state index contributed by atoms with van der Waals surface area (Å²) in [6, 6.07) is 0. The molecular formula is C20H28O5.